The van der Waals surface area contributed by atoms with E-state index in [1.54, 1.807) is 7.11 Å². The van der Waals surface area contributed by atoms with Crippen LogP contribution in [0.4, 0.5) is 6.01 Å². The molecule has 0 saturated carbocycles. The summed E-state index contributed by atoms with van der Waals surface area (Å²) in [6.45, 7) is 4.51. The van der Waals surface area contributed by atoms with Crippen LogP contribution < -0.4 is 9.64 Å². The van der Waals surface area contributed by atoms with Crippen LogP contribution in [0.15, 0.2) is 59.0 Å². The molecule has 2 aromatic carbocycles. The van der Waals surface area contributed by atoms with Gasteiger partial charge in [-0.15, -0.1) is 0 Å². The molecule has 28 heavy (non-hydrogen) atoms. The van der Waals surface area contributed by atoms with Gasteiger partial charge in [-0.2, -0.15) is 4.98 Å². The molecule has 0 N–H and O–H groups in total. The molecule has 5 rings (SSSR count). The number of piperazine rings is 1. The second-order valence-corrected chi connectivity index (χ2v) is 7.06. The first-order chi connectivity index (χ1) is 13.8. The average molecular weight is 374 g/mol. The Morgan fingerprint density at radius 2 is 1.79 bits per heavy atom. The number of hydrogen-bond acceptors (Lipinski definition) is 6. The van der Waals surface area contributed by atoms with Gasteiger partial charge in [0, 0.05) is 38.1 Å². The summed E-state index contributed by atoms with van der Waals surface area (Å²) < 4.78 is 11.4. The van der Waals surface area contributed by atoms with E-state index in [2.05, 4.69) is 33.0 Å². The molecule has 6 nitrogen and oxygen atoms in total. The van der Waals surface area contributed by atoms with E-state index in [-0.39, 0.29) is 0 Å². The Bertz CT molecular complexity index is 1080. The minimum Gasteiger partial charge on any atom is -0.494 e. The van der Waals surface area contributed by atoms with Crippen LogP contribution in [0.2, 0.25) is 0 Å². The molecule has 0 atom stereocenters. The Kier molecular flexibility index (Phi) is 4.33. The Hall–Kier alpha value is -3.12. The van der Waals surface area contributed by atoms with Crippen molar-refractivity contribution in [3.8, 4) is 5.75 Å². The molecule has 1 saturated heterocycles. The molecule has 2 aromatic heterocycles. The molecule has 6 heteroatoms. The Labute approximate surface area is 163 Å². The lowest BCUT2D eigenvalue weighted by atomic mass is 10.2. The topological polar surface area (TPSA) is 54.6 Å². The van der Waals surface area contributed by atoms with Crippen molar-refractivity contribution in [2.75, 3.05) is 38.2 Å². The van der Waals surface area contributed by atoms with Gasteiger partial charge in [0.2, 0.25) is 0 Å². The van der Waals surface area contributed by atoms with E-state index >= 15 is 0 Å². The molecule has 3 heterocycles. The lowest BCUT2D eigenvalue weighted by Gasteiger charge is -2.33. The first-order valence-electron chi connectivity index (χ1n) is 9.56. The lowest BCUT2D eigenvalue weighted by molar-refractivity contribution is 0.243. The third kappa shape index (κ3) is 3.16. The summed E-state index contributed by atoms with van der Waals surface area (Å²) in [5.74, 6) is 0.820. The first kappa shape index (κ1) is 17.0. The highest BCUT2D eigenvalue weighted by molar-refractivity contribution is 5.84. The normalized spacial score (nSPS) is 15.4. The number of aromatic nitrogens is 2. The van der Waals surface area contributed by atoms with E-state index in [0.717, 1.165) is 72.2 Å². The maximum atomic E-state index is 5.90. The third-order valence-electron chi connectivity index (χ3n) is 5.27. The van der Waals surface area contributed by atoms with Crippen LogP contribution in [0, 0.1) is 0 Å². The molecule has 1 aliphatic heterocycles. The molecule has 0 aliphatic carbocycles. The van der Waals surface area contributed by atoms with Gasteiger partial charge >= 0.3 is 0 Å². The van der Waals surface area contributed by atoms with Gasteiger partial charge < -0.3 is 14.1 Å². The van der Waals surface area contributed by atoms with Gasteiger partial charge in [-0.05, 0) is 24.3 Å². The SMILES string of the molecule is COc1cccc2ccc(CN3CCN(c4nc5ccccc5o4)CC3)nc12. The summed E-state index contributed by atoms with van der Waals surface area (Å²) in [5.41, 5.74) is 3.74. The molecule has 0 radical (unpaired) electrons. The molecule has 0 amide bonds. The number of para-hydroxylation sites is 3. The molecular formula is C22H22N4O2. The molecular weight excluding hydrogens is 352 g/mol. The number of benzene rings is 2. The van der Waals surface area contributed by atoms with Gasteiger partial charge in [0.15, 0.2) is 5.58 Å². The molecule has 142 valence electrons. The third-order valence-corrected chi connectivity index (χ3v) is 5.27. The largest absolute Gasteiger partial charge is 0.494 e. The van der Waals surface area contributed by atoms with Gasteiger partial charge in [0.05, 0.1) is 12.8 Å². The number of anilines is 1. The van der Waals surface area contributed by atoms with Crippen LogP contribution in [-0.2, 0) is 6.54 Å². The smallest absolute Gasteiger partial charge is 0.298 e. The number of ether oxygens (including phenoxy) is 1. The molecule has 0 spiro atoms. The van der Waals surface area contributed by atoms with Crippen molar-refractivity contribution < 1.29 is 9.15 Å². The van der Waals surface area contributed by atoms with Crippen LogP contribution in [0.3, 0.4) is 0 Å². The van der Waals surface area contributed by atoms with Gasteiger partial charge in [-0.1, -0.05) is 30.3 Å². The predicted octanol–water partition coefficient (Wildman–Crippen LogP) is 3.71. The molecule has 1 aliphatic rings. The predicted molar refractivity (Wildman–Crippen MR) is 110 cm³/mol. The fraction of sp³-hybridized carbons (Fsp3) is 0.273. The van der Waals surface area contributed by atoms with Crippen molar-refractivity contribution in [2.45, 2.75) is 6.54 Å². The number of nitrogens with zero attached hydrogens (tertiary/aromatic N) is 4. The quantitative estimate of drug-likeness (QED) is 0.543. The lowest BCUT2D eigenvalue weighted by Crippen LogP contribution is -2.46. The monoisotopic (exact) mass is 374 g/mol. The van der Waals surface area contributed by atoms with Gasteiger partial charge in [0.1, 0.15) is 16.8 Å². The van der Waals surface area contributed by atoms with Crippen LogP contribution in [0.25, 0.3) is 22.0 Å². The summed E-state index contributed by atoms with van der Waals surface area (Å²) in [4.78, 5) is 14.1. The molecule has 1 fully saturated rings. The van der Waals surface area contributed by atoms with Crippen LogP contribution in [0.5, 0.6) is 5.75 Å². The Balaban J connectivity index is 1.27. The van der Waals surface area contributed by atoms with Crippen LogP contribution in [0.1, 0.15) is 5.69 Å². The maximum Gasteiger partial charge on any atom is 0.298 e. The number of hydrogen-bond donors (Lipinski definition) is 0. The minimum atomic E-state index is 0.717. The summed E-state index contributed by atoms with van der Waals surface area (Å²) in [7, 11) is 1.69. The Morgan fingerprint density at radius 1 is 0.929 bits per heavy atom. The van der Waals surface area contributed by atoms with Gasteiger partial charge in [-0.25, -0.2) is 4.98 Å². The average Bonchev–Trinajstić information content (AvgIpc) is 3.18. The zero-order chi connectivity index (χ0) is 18.9. The van der Waals surface area contributed by atoms with E-state index in [1.807, 2.05) is 36.4 Å². The number of methoxy groups -OCH3 is 1. The van der Waals surface area contributed by atoms with Crippen molar-refractivity contribution in [3.05, 3.63) is 60.3 Å². The molecule has 0 bridgehead atoms. The van der Waals surface area contributed by atoms with Crippen molar-refractivity contribution in [3.63, 3.8) is 0 Å². The van der Waals surface area contributed by atoms with E-state index in [9.17, 15) is 0 Å². The van der Waals surface area contributed by atoms with E-state index in [4.69, 9.17) is 14.1 Å². The Morgan fingerprint density at radius 3 is 2.61 bits per heavy atom. The number of pyridine rings is 1. The highest BCUT2D eigenvalue weighted by Crippen LogP contribution is 2.25. The van der Waals surface area contributed by atoms with E-state index in [0.29, 0.717) is 0 Å². The van der Waals surface area contributed by atoms with Crippen LogP contribution in [-0.4, -0.2) is 48.2 Å². The highest BCUT2D eigenvalue weighted by atomic mass is 16.5. The fourth-order valence-electron chi connectivity index (χ4n) is 3.73. The number of rotatable bonds is 4. The van der Waals surface area contributed by atoms with E-state index < -0.39 is 0 Å². The summed E-state index contributed by atoms with van der Waals surface area (Å²) in [6, 6.07) is 18.9. The van der Waals surface area contributed by atoms with Crippen LogP contribution >= 0.6 is 0 Å². The van der Waals surface area contributed by atoms with Gasteiger partial charge in [-0.3, -0.25) is 4.90 Å². The minimum absolute atomic E-state index is 0.717. The second kappa shape index (κ2) is 7.13. The zero-order valence-corrected chi connectivity index (χ0v) is 15.8. The van der Waals surface area contributed by atoms with Crippen molar-refractivity contribution in [1.82, 2.24) is 14.9 Å². The van der Waals surface area contributed by atoms with Gasteiger partial charge in [0.25, 0.3) is 6.01 Å². The number of fused-ring (bicyclic) bond motifs is 2. The number of oxazole rings is 1. The zero-order valence-electron chi connectivity index (χ0n) is 15.8. The summed E-state index contributed by atoms with van der Waals surface area (Å²) in [5, 5.41) is 1.10. The first-order valence-corrected chi connectivity index (χ1v) is 9.56. The van der Waals surface area contributed by atoms with Crippen molar-refractivity contribution in [2.24, 2.45) is 0 Å². The standard InChI is InChI=1S/C22H22N4O2/c1-27-20-8-4-5-16-9-10-17(23-21(16)20)15-25-11-13-26(14-12-25)22-24-18-6-2-3-7-19(18)28-22/h2-10H,11-15H2,1H3. The van der Waals surface area contributed by atoms with Crippen molar-refractivity contribution in [1.29, 1.82) is 0 Å². The summed E-state index contributed by atoms with van der Waals surface area (Å²) >= 11 is 0. The molecule has 4 aromatic rings. The second-order valence-electron chi connectivity index (χ2n) is 7.06. The van der Waals surface area contributed by atoms with Crippen molar-refractivity contribution >= 4 is 28.0 Å². The molecule has 0 unspecified atom stereocenters. The summed E-state index contributed by atoms with van der Waals surface area (Å²) in [6.07, 6.45) is 0. The highest BCUT2D eigenvalue weighted by Gasteiger charge is 2.21. The maximum absolute atomic E-state index is 5.90. The van der Waals surface area contributed by atoms with E-state index in [1.165, 1.54) is 0 Å². The fourth-order valence-corrected chi connectivity index (χ4v) is 3.73.